The second kappa shape index (κ2) is 7.70. The third-order valence-corrected chi connectivity index (χ3v) is 2.94. The fraction of sp³-hybridized carbons (Fsp3) is 0.438. The molecule has 0 aliphatic rings. The largest absolute Gasteiger partial charge is 0.360 e. The van der Waals surface area contributed by atoms with Crippen molar-refractivity contribution in [1.29, 1.82) is 0 Å². The zero-order valence-electron chi connectivity index (χ0n) is 11.9. The molecule has 0 saturated heterocycles. The van der Waals surface area contributed by atoms with Crippen molar-refractivity contribution >= 4 is 5.57 Å². The van der Waals surface area contributed by atoms with Crippen LogP contribution in [0.2, 0.25) is 0 Å². The van der Waals surface area contributed by atoms with Crippen LogP contribution in [0.1, 0.15) is 50.6 Å². The van der Waals surface area contributed by atoms with Crippen molar-refractivity contribution in [3.8, 4) is 0 Å². The summed E-state index contributed by atoms with van der Waals surface area (Å²) in [4.78, 5) is 0. The summed E-state index contributed by atoms with van der Waals surface area (Å²) in [6, 6.07) is 0. The molecule has 0 unspecified atom stereocenters. The summed E-state index contributed by atoms with van der Waals surface area (Å²) in [5.74, 6) is 1.02. The van der Waals surface area contributed by atoms with Crippen molar-refractivity contribution in [3.63, 3.8) is 0 Å². The van der Waals surface area contributed by atoms with Crippen LogP contribution < -0.4 is 0 Å². The third kappa shape index (κ3) is 3.73. The molecule has 0 aliphatic carbocycles. The smallest absolute Gasteiger partial charge is 0.140 e. The Kier molecular flexibility index (Phi) is 6.20. The van der Waals surface area contributed by atoms with E-state index in [2.05, 4.69) is 31.2 Å². The number of allylic oxidation sites excluding steroid dienone is 6. The summed E-state index contributed by atoms with van der Waals surface area (Å²) < 4.78 is 5.44. The molecule has 98 valence electrons. The average Bonchev–Trinajstić information content (AvgIpc) is 2.74. The molecule has 0 spiro atoms. The van der Waals surface area contributed by atoms with Crippen LogP contribution in [0, 0.1) is 6.92 Å². The molecular weight excluding hydrogens is 222 g/mol. The first-order valence-corrected chi connectivity index (χ1v) is 6.65. The van der Waals surface area contributed by atoms with E-state index in [0.29, 0.717) is 0 Å². The quantitative estimate of drug-likeness (QED) is 0.669. The molecule has 1 aromatic rings. The van der Waals surface area contributed by atoms with Gasteiger partial charge >= 0.3 is 0 Å². The van der Waals surface area contributed by atoms with E-state index in [1.54, 1.807) is 0 Å². The first kappa shape index (κ1) is 14.5. The zero-order valence-corrected chi connectivity index (χ0v) is 11.9. The molecule has 1 aromatic heterocycles. The van der Waals surface area contributed by atoms with Gasteiger partial charge in [-0.2, -0.15) is 0 Å². The topological polar surface area (TPSA) is 26.0 Å². The molecule has 0 aromatic carbocycles. The van der Waals surface area contributed by atoms with E-state index in [9.17, 15) is 0 Å². The molecule has 2 heteroatoms. The van der Waals surface area contributed by atoms with Crippen LogP contribution >= 0.6 is 0 Å². The van der Waals surface area contributed by atoms with Crippen molar-refractivity contribution < 1.29 is 4.52 Å². The molecule has 0 aliphatic heterocycles. The van der Waals surface area contributed by atoms with Crippen molar-refractivity contribution in [1.82, 2.24) is 5.16 Å². The number of hydrogen-bond donors (Lipinski definition) is 0. The van der Waals surface area contributed by atoms with Crippen molar-refractivity contribution in [2.45, 2.75) is 47.0 Å². The lowest BCUT2D eigenvalue weighted by Gasteiger charge is -1.98. The maximum Gasteiger partial charge on any atom is 0.140 e. The van der Waals surface area contributed by atoms with E-state index in [1.807, 2.05) is 32.1 Å². The highest BCUT2D eigenvalue weighted by Crippen LogP contribution is 2.23. The van der Waals surface area contributed by atoms with Gasteiger partial charge in [0, 0.05) is 12.0 Å². The molecule has 1 rings (SSSR count). The third-order valence-electron chi connectivity index (χ3n) is 2.94. The Labute approximate surface area is 110 Å². The number of hydrogen-bond acceptors (Lipinski definition) is 2. The summed E-state index contributed by atoms with van der Waals surface area (Å²) >= 11 is 0. The van der Waals surface area contributed by atoms with Crippen LogP contribution in [0.3, 0.4) is 0 Å². The normalized spacial score (nSPS) is 13.0. The standard InChI is InChI=1S/C16H23NO/c1-5-8-10-11-14(7-3)16-13(4)15(18-17-16)12-9-6-2/h5,7-8,10-11H,6,9,12H2,1-4H3. The lowest BCUT2D eigenvalue weighted by atomic mass is 10.0. The van der Waals surface area contributed by atoms with Crippen LogP contribution in [-0.4, -0.2) is 5.16 Å². The lowest BCUT2D eigenvalue weighted by Crippen LogP contribution is -1.88. The predicted molar refractivity (Wildman–Crippen MR) is 77.5 cm³/mol. The summed E-state index contributed by atoms with van der Waals surface area (Å²) in [5.41, 5.74) is 3.24. The van der Waals surface area contributed by atoms with Crippen molar-refractivity contribution in [2.24, 2.45) is 0 Å². The van der Waals surface area contributed by atoms with E-state index in [1.165, 1.54) is 12.0 Å². The van der Waals surface area contributed by atoms with Crippen LogP contribution in [0.15, 0.2) is 34.9 Å². The maximum atomic E-state index is 5.44. The first-order valence-electron chi connectivity index (χ1n) is 6.65. The second-order valence-electron chi connectivity index (χ2n) is 4.31. The molecule has 2 nitrogen and oxygen atoms in total. The van der Waals surface area contributed by atoms with Gasteiger partial charge < -0.3 is 4.52 Å². The minimum Gasteiger partial charge on any atom is -0.360 e. The van der Waals surface area contributed by atoms with Gasteiger partial charge in [0.2, 0.25) is 0 Å². The van der Waals surface area contributed by atoms with Gasteiger partial charge in [-0.25, -0.2) is 0 Å². The zero-order chi connectivity index (χ0) is 13.4. The van der Waals surface area contributed by atoms with Crippen LogP contribution in [0.4, 0.5) is 0 Å². The van der Waals surface area contributed by atoms with Gasteiger partial charge in [-0.15, -0.1) is 0 Å². The van der Waals surface area contributed by atoms with Gasteiger partial charge in [0.1, 0.15) is 11.5 Å². The molecule has 18 heavy (non-hydrogen) atoms. The fourth-order valence-electron chi connectivity index (χ4n) is 1.79. The van der Waals surface area contributed by atoms with E-state index in [4.69, 9.17) is 4.52 Å². The van der Waals surface area contributed by atoms with Crippen LogP contribution in [0.5, 0.6) is 0 Å². The van der Waals surface area contributed by atoms with E-state index in [-0.39, 0.29) is 0 Å². The number of aryl methyl sites for hydroxylation is 1. The molecule has 0 fully saturated rings. The Morgan fingerprint density at radius 1 is 1.28 bits per heavy atom. The Hall–Kier alpha value is -1.57. The average molecular weight is 245 g/mol. The highest BCUT2D eigenvalue weighted by Gasteiger charge is 2.12. The van der Waals surface area contributed by atoms with Crippen molar-refractivity contribution in [2.75, 3.05) is 0 Å². The van der Waals surface area contributed by atoms with E-state index < -0.39 is 0 Å². The molecule has 1 heterocycles. The van der Waals surface area contributed by atoms with E-state index >= 15 is 0 Å². The molecule has 0 saturated carbocycles. The van der Waals surface area contributed by atoms with Crippen LogP contribution in [-0.2, 0) is 6.42 Å². The Bertz CT molecular complexity index is 450. The highest BCUT2D eigenvalue weighted by molar-refractivity contribution is 5.73. The molecule has 0 atom stereocenters. The SMILES string of the molecule is CC=CC=CC(=CC)c1noc(CCCC)c1C. The summed E-state index contributed by atoms with van der Waals surface area (Å²) in [6.07, 6.45) is 13.5. The fourth-order valence-corrected chi connectivity index (χ4v) is 1.79. The van der Waals surface area contributed by atoms with Crippen molar-refractivity contribution in [3.05, 3.63) is 47.4 Å². The summed E-state index contributed by atoms with van der Waals surface area (Å²) in [5, 5.41) is 4.20. The highest BCUT2D eigenvalue weighted by atomic mass is 16.5. The Morgan fingerprint density at radius 3 is 2.67 bits per heavy atom. The van der Waals surface area contributed by atoms with Gasteiger partial charge in [0.15, 0.2) is 0 Å². The van der Waals surface area contributed by atoms with Gasteiger partial charge in [-0.05, 0) is 32.8 Å². The Morgan fingerprint density at radius 2 is 2.06 bits per heavy atom. The molecular formula is C16H23NO. The number of rotatable bonds is 6. The summed E-state index contributed by atoms with van der Waals surface area (Å²) in [6.45, 7) is 8.30. The first-order chi connectivity index (χ1) is 8.74. The van der Waals surface area contributed by atoms with E-state index in [0.717, 1.165) is 29.9 Å². The minimum absolute atomic E-state index is 0.962. The molecule has 0 bridgehead atoms. The number of aromatic nitrogens is 1. The molecule has 0 N–H and O–H groups in total. The maximum absolute atomic E-state index is 5.44. The van der Waals surface area contributed by atoms with Gasteiger partial charge in [-0.3, -0.25) is 0 Å². The predicted octanol–water partition coefficient (Wildman–Crippen LogP) is 4.86. The number of unbranched alkanes of at least 4 members (excludes halogenated alkanes) is 1. The van der Waals surface area contributed by atoms with Gasteiger partial charge in [-0.1, -0.05) is 48.9 Å². The molecule has 0 amide bonds. The number of nitrogens with zero attached hydrogens (tertiary/aromatic N) is 1. The second-order valence-corrected chi connectivity index (χ2v) is 4.31. The molecule has 0 radical (unpaired) electrons. The van der Waals surface area contributed by atoms with Gasteiger partial charge in [0.25, 0.3) is 0 Å². The monoisotopic (exact) mass is 245 g/mol. The van der Waals surface area contributed by atoms with Crippen LogP contribution in [0.25, 0.3) is 5.57 Å². The Balaban J connectivity index is 2.91. The minimum atomic E-state index is 0.962. The lowest BCUT2D eigenvalue weighted by molar-refractivity contribution is 0.378. The summed E-state index contributed by atoms with van der Waals surface area (Å²) in [7, 11) is 0. The van der Waals surface area contributed by atoms with Gasteiger partial charge in [0.05, 0.1) is 0 Å².